The fourth-order valence-electron chi connectivity index (χ4n) is 3.13. The average Bonchev–Trinajstić information content (AvgIpc) is 3.19. The highest BCUT2D eigenvalue weighted by atomic mass is 127. The molecule has 0 atom stereocenters. The summed E-state index contributed by atoms with van der Waals surface area (Å²) in [5, 5.41) is 14.7. The minimum atomic E-state index is -0.241. The van der Waals surface area contributed by atoms with Crippen LogP contribution in [0.4, 0.5) is 5.69 Å². The molecule has 8 nitrogen and oxygen atoms in total. The van der Waals surface area contributed by atoms with E-state index in [1.165, 1.54) is 11.8 Å². The van der Waals surface area contributed by atoms with E-state index in [4.69, 9.17) is 4.74 Å². The normalized spacial score (nSPS) is 10.7. The molecule has 0 saturated heterocycles. The summed E-state index contributed by atoms with van der Waals surface area (Å²) in [5.41, 5.74) is 2.73. The Kier molecular flexibility index (Phi) is 9.12. The van der Waals surface area contributed by atoms with Gasteiger partial charge in [0, 0.05) is 15.8 Å². The van der Waals surface area contributed by atoms with Gasteiger partial charge >= 0.3 is 0 Å². The third-order valence-corrected chi connectivity index (χ3v) is 6.46. The number of carbonyl (C=O) groups is 2. The van der Waals surface area contributed by atoms with Gasteiger partial charge in [-0.2, -0.15) is 0 Å². The van der Waals surface area contributed by atoms with Crippen LogP contribution in [-0.4, -0.2) is 38.9 Å². The van der Waals surface area contributed by atoms with Crippen LogP contribution in [0, 0.1) is 17.4 Å². The van der Waals surface area contributed by atoms with Crippen LogP contribution in [0.3, 0.4) is 0 Å². The van der Waals surface area contributed by atoms with Crippen molar-refractivity contribution < 1.29 is 14.3 Å². The summed E-state index contributed by atoms with van der Waals surface area (Å²) in [7, 11) is 0. The van der Waals surface area contributed by atoms with Gasteiger partial charge in [0.05, 0.1) is 12.3 Å². The summed E-state index contributed by atoms with van der Waals surface area (Å²) in [6.45, 7) is 6.64. The predicted octanol–water partition coefficient (Wildman–Crippen LogP) is 3.95. The Hall–Kier alpha value is -2.60. The summed E-state index contributed by atoms with van der Waals surface area (Å²) >= 11 is 3.52. The van der Waals surface area contributed by atoms with Crippen molar-refractivity contribution >= 4 is 51.9 Å². The van der Waals surface area contributed by atoms with Crippen molar-refractivity contribution in [3.63, 3.8) is 0 Å². The van der Waals surface area contributed by atoms with Crippen molar-refractivity contribution in [2.45, 2.75) is 39.0 Å². The van der Waals surface area contributed by atoms with Gasteiger partial charge in [-0.05, 0) is 78.8 Å². The van der Waals surface area contributed by atoms with Gasteiger partial charge in [-0.1, -0.05) is 30.0 Å². The smallest absolute Gasteiger partial charge is 0.258 e. The molecule has 3 aromatic rings. The number of benzene rings is 2. The van der Waals surface area contributed by atoms with E-state index in [2.05, 4.69) is 43.4 Å². The number of thioether (sulfide) groups is 1. The van der Waals surface area contributed by atoms with Crippen molar-refractivity contribution in [2.75, 3.05) is 17.7 Å². The van der Waals surface area contributed by atoms with Crippen molar-refractivity contribution in [3.05, 3.63) is 63.0 Å². The Bertz CT molecular complexity index is 1100. The first kappa shape index (κ1) is 25.0. The topological polar surface area (TPSA) is 98.1 Å². The maximum Gasteiger partial charge on any atom is 0.258 e. The molecule has 2 N–H and O–H groups in total. The zero-order valence-electron chi connectivity index (χ0n) is 18.7. The highest BCUT2D eigenvalue weighted by molar-refractivity contribution is 14.1. The average molecular weight is 579 g/mol. The first-order valence-corrected chi connectivity index (χ1v) is 12.5. The van der Waals surface area contributed by atoms with E-state index in [1.54, 1.807) is 0 Å². The van der Waals surface area contributed by atoms with Crippen LogP contribution in [0.1, 0.15) is 23.9 Å². The summed E-state index contributed by atoms with van der Waals surface area (Å²) in [5.74, 6) is 1.20. The fraction of sp³-hybridized carbons (Fsp3) is 0.304. The van der Waals surface area contributed by atoms with Crippen LogP contribution in [0.2, 0.25) is 0 Å². The zero-order valence-corrected chi connectivity index (χ0v) is 21.7. The molecule has 0 bridgehead atoms. The largest absolute Gasteiger partial charge is 0.483 e. The molecule has 0 aliphatic rings. The number of amides is 2. The molecule has 174 valence electrons. The minimum absolute atomic E-state index is 0.0771. The second-order valence-electron chi connectivity index (χ2n) is 7.27. The minimum Gasteiger partial charge on any atom is -0.483 e. The lowest BCUT2D eigenvalue weighted by Gasteiger charge is -2.12. The maximum absolute atomic E-state index is 12.3. The number of ether oxygens (including phenoxy) is 1. The summed E-state index contributed by atoms with van der Waals surface area (Å²) in [6.07, 6.45) is 0. The van der Waals surface area contributed by atoms with Crippen molar-refractivity contribution in [1.82, 2.24) is 20.1 Å². The first-order chi connectivity index (χ1) is 15.9. The number of rotatable bonds is 10. The third-order valence-electron chi connectivity index (χ3n) is 4.77. The van der Waals surface area contributed by atoms with Gasteiger partial charge in [0.2, 0.25) is 5.91 Å². The summed E-state index contributed by atoms with van der Waals surface area (Å²) < 4.78 is 8.68. The molecular weight excluding hydrogens is 553 g/mol. The van der Waals surface area contributed by atoms with Gasteiger partial charge in [0.15, 0.2) is 17.6 Å². The molecule has 0 aliphatic heterocycles. The second-order valence-corrected chi connectivity index (χ2v) is 9.46. The van der Waals surface area contributed by atoms with E-state index in [9.17, 15) is 9.59 Å². The van der Waals surface area contributed by atoms with Crippen LogP contribution in [0.25, 0.3) is 0 Å². The second kappa shape index (κ2) is 12.0. The lowest BCUT2D eigenvalue weighted by Crippen LogP contribution is -2.29. The number of aromatic nitrogens is 3. The molecule has 33 heavy (non-hydrogen) atoms. The Morgan fingerprint density at radius 1 is 1.06 bits per heavy atom. The quantitative estimate of drug-likeness (QED) is 0.279. The number of hydrogen-bond acceptors (Lipinski definition) is 6. The SMILES string of the molecule is CCn1c(CNC(=O)COc2c(C)cccc2C)nnc1SCC(=O)Nc1ccc(I)cc1. The Labute approximate surface area is 211 Å². The van der Waals surface area contributed by atoms with E-state index in [-0.39, 0.29) is 30.7 Å². The number of carbonyl (C=O) groups excluding carboxylic acids is 2. The molecule has 2 amide bonds. The lowest BCUT2D eigenvalue weighted by molar-refractivity contribution is -0.123. The predicted molar refractivity (Wildman–Crippen MR) is 137 cm³/mol. The van der Waals surface area contributed by atoms with E-state index >= 15 is 0 Å². The number of anilines is 1. The standard InChI is InChI=1S/C23H26IN5O3S/c1-4-29-19(12-25-20(30)13-32-22-15(2)6-5-7-16(22)3)27-28-23(29)33-14-21(31)26-18-10-8-17(24)9-11-18/h5-11H,4,12-14H2,1-3H3,(H,25,30)(H,26,31). The van der Waals surface area contributed by atoms with Crippen LogP contribution in [0.5, 0.6) is 5.75 Å². The van der Waals surface area contributed by atoms with Crippen molar-refractivity contribution in [2.24, 2.45) is 0 Å². The molecule has 0 fully saturated rings. The summed E-state index contributed by atoms with van der Waals surface area (Å²) in [6, 6.07) is 13.5. The van der Waals surface area contributed by atoms with Crippen molar-refractivity contribution in [3.8, 4) is 5.75 Å². The van der Waals surface area contributed by atoms with E-state index in [0.717, 1.165) is 26.1 Å². The van der Waals surface area contributed by atoms with Gasteiger partial charge in [-0.25, -0.2) is 0 Å². The molecule has 1 aromatic heterocycles. The Balaban J connectivity index is 1.49. The van der Waals surface area contributed by atoms with Gasteiger partial charge < -0.3 is 19.9 Å². The van der Waals surface area contributed by atoms with Gasteiger partial charge in [-0.3, -0.25) is 9.59 Å². The molecule has 3 rings (SSSR count). The summed E-state index contributed by atoms with van der Waals surface area (Å²) in [4.78, 5) is 24.5. The van der Waals surface area contributed by atoms with Crippen LogP contribution in [0.15, 0.2) is 47.6 Å². The van der Waals surface area contributed by atoms with E-state index in [1.807, 2.05) is 67.8 Å². The molecule has 10 heteroatoms. The molecule has 2 aromatic carbocycles. The monoisotopic (exact) mass is 579 g/mol. The number of halogens is 1. The number of hydrogen-bond donors (Lipinski definition) is 2. The molecule has 0 spiro atoms. The van der Waals surface area contributed by atoms with Crippen LogP contribution >= 0.6 is 34.4 Å². The Morgan fingerprint density at radius 2 is 1.76 bits per heavy atom. The van der Waals surface area contributed by atoms with Crippen LogP contribution in [-0.2, 0) is 22.7 Å². The maximum atomic E-state index is 12.3. The van der Waals surface area contributed by atoms with Crippen LogP contribution < -0.4 is 15.4 Å². The number of nitrogens with zero attached hydrogens (tertiary/aromatic N) is 3. The van der Waals surface area contributed by atoms with Gasteiger partial charge in [-0.15, -0.1) is 10.2 Å². The Morgan fingerprint density at radius 3 is 2.42 bits per heavy atom. The van der Waals surface area contributed by atoms with Crippen molar-refractivity contribution in [1.29, 1.82) is 0 Å². The van der Waals surface area contributed by atoms with E-state index < -0.39 is 0 Å². The molecular formula is C23H26IN5O3S. The highest BCUT2D eigenvalue weighted by Crippen LogP contribution is 2.22. The molecule has 1 heterocycles. The highest BCUT2D eigenvalue weighted by Gasteiger charge is 2.15. The number of aryl methyl sites for hydroxylation is 2. The molecule has 0 radical (unpaired) electrons. The molecule has 0 aliphatic carbocycles. The lowest BCUT2D eigenvalue weighted by atomic mass is 10.1. The number of nitrogens with one attached hydrogen (secondary N) is 2. The van der Waals surface area contributed by atoms with Gasteiger partial charge in [0.1, 0.15) is 5.75 Å². The first-order valence-electron chi connectivity index (χ1n) is 10.4. The molecule has 0 saturated carbocycles. The zero-order chi connectivity index (χ0) is 23.8. The number of para-hydroxylation sites is 1. The third kappa shape index (κ3) is 7.19. The van der Waals surface area contributed by atoms with Gasteiger partial charge in [0.25, 0.3) is 5.91 Å². The fourth-order valence-corrected chi connectivity index (χ4v) is 4.31. The molecule has 0 unspecified atom stereocenters. The van der Waals surface area contributed by atoms with E-state index in [0.29, 0.717) is 17.5 Å².